The first kappa shape index (κ1) is 24.2. The third-order valence-electron chi connectivity index (χ3n) is 4.30. The SMILES string of the molecule is CC(C)CC(C)(CN)NC(=O)C(C)N1CCCCCC1.Cl.Cl. The third kappa shape index (κ3) is 8.00. The summed E-state index contributed by atoms with van der Waals surface area (Å²) in [4.78, 5) is 14.8. The van der Waals surface area contributed by atoms with Crippen molar-refractivity contribution >= 4 is 30.7 Å². The monoisotopic (exact) mass is 355 g/mol. The van der Waals surface area contributed by atoms with Crippen molar-refractivity contribution in [1.29, 1.82) is 0 Å². The summed E-state index contributed by atoms with van der Waals surface area (Å²) in [6.45, 7) is 11.0. The van der Waals surface area contributed by atoms with E-state index in [9.17, 15) is 4.79 Å². The molecule has 1 fully saturated rings. The second-order valence-electron chi connectivity index (χ2n) is 6.98. The van der Waals surface area contributed by atoms with Crippen molar-refractivity contribution in [1.82, 2.24) is 10.2 Å². The Morgan fingerprint density at radius 3 is 2.05 bits per heavy atom. The van der Waals surface area contributed by atoms with E-state index in [2.05, 4.69) is 31.0 Å². The number of halogens is 2. The van der Waals surface area contributed by atoms with Gasteiger partial charge in [0.05, 0.1) is 6.04 Å². The van der Waals surface area contributed by atoms with E-state index in [0.29, 0.717) is 12.5 Å². The van der Waals surface area contributed by atoms with Crippen LogP contribution in [0.4, 0.5) is 0 Å². The van der Waals surface area contributed by atoms with Crippen LogP contribution in [0.1, 0.15) is 59.8 Å². The minimum Gasteiger partial charge on any atom is -0.348 e. The molecule has 6 heteroatoms. The fourth-order valence-electron chi connectivity index (χ4n) is 3.14. The van der Waals surface area contributed by atoms with Gasteiger partial charge in [-0.3, -0.25) is 9.69 Å². The molecule has 0 bridgehead atoms. The summed E-state index contributed by atoms with van der Waals surface area (Å²) in [5.41, 5.74) is 5.59. The maximum atomic E-state index is 12.5. The summed E-state index contributed by atoms with van der Waals surface area (Å²) in [7, 11) is 0. The van der Waals surface area contributed by atoms with E-state index >= 15 is 0 Å². The van der Waals surface area contributed by atoms with Gasteiger partial charge in [-0.05, 0) is 52.1 Å². The molecule has 22 heavy (non-hydrogen) atoms. The minimum absolute atomic E-state index is 0. The quantitative estimate of drug-likeness (QED) is 0.769. The predicted molar refractivity (Wildman–Crippen MR) is 99.1 cm³/mol. The number of nitrogens with two attached hydrogens (primary N) is 1. The van der Waals surface area contributed by atoms with Crippen LogP contribution < -0.4 is 11.1 Å². The first-order valence-corrected chi connectivity index (χ1v) is 8.14. The van der Waals surface area contributed by atoms with E-state index in [1.165, 1.54) is 25.7 Å². The van der Waals surface area contributed by atoms with Crippen molar-refractivity contribution in [3.05, 3.63) is 0 Å². The van der Waals surface area contributed by atoms with Crippen LogP contribution in [-0.2, 0) is 4.79 Å². The summed E-state index contributed by atoms with van der Waals surface area (Å²) in [6.07, 6.45) is 5.91. The first-order chi connectivity index (χ1) is 9.38. The Bertz CT molecular complexity index is 308. The average molecular weight is 356 g/mol. The van der Waals surface area contributed by atoms with Crippen molar-refractivity contribution in [2.75, 3.05) is 19.6 Å². The van der Waals surface area contributed by atoms with Crippen LogP contribution in [0.15, 0.2) is 0 Å². The summed E-state index contributed by atoms with van der Waals surface area (Å²) < 4.78 is 0. The Kier molecular flexibility index (Phi) is 12.7. The fraction of sp³-hybridized carbons (Fsp3) is 0.938. The summed E-state index contributed by atoms with van der Waals surface area (Å²) in [5, 5.41) is 3.19. The second kappa shape index (κ2) is 11.5. The normalized spacial score (nSPS) is 20.1. The van der Waals surface area contributed by atoms with E-state index < -0.39 is 0 Å². The lowest BCUT2D eigenvalue weighted by Crippen LogP contribution is -2.57. The maximum Gasteiger partial charge on any atom is 0.237 e. The zero-order valence-electron chi connectivity index (χ0n) is 14.6. The third-order valence-corrected chi connectivity index (χ3v) is 4.30. The highest BCUT2D eigenvalue weighted by Crippen LogP contribution is 2.17. The van der Waals surface area contributed by atoms with Gasteiger partial charge >= 0.3 is 0 Å². The number of nitrogens with zero attached hydrogens (tertiary/aromatic N) is 1. The van der Waals surface area contributed by atoms with Crippen LogP contribution in [0.25, 0.3) is 0 Å². The number of nitrogens with one attached hydrogen (secondary N) is 1. The molecular weight excluding hydrogens is 321 g/mol. The molecule has 0 saturated carbocycles. The molecule has 1 saturated heterocycles. The van der Waals surface area contributed by atoms with Gasteiger partial charge in [0.1, 0.15) is 0 Å². The van der Waals surface area contributed by atoms with E-state index in [-0.39, 0.29) is 42.3 Å². The van der Waals surface area contributed by atoms with Gasteiger partial charge < -0.3 is 11.1 Å². The largest absolute Gasteiger partial charge is 0.348 e. The number of amides is 1. The van der Waals surface area contributed by atoms with Gasteiger partial charge in [-0.1, -0.05) is 26.7 Å². The molecule has 1 aliphatic heterocycles. The lowest BCUT2D eigenvalue weighted by atomic mass is 9.90. The predicted octanol–water partition coefficient (Wildman–Crippen LogP) is 2.97. The molecule has 1 amide bonds. The highest BCUT2D eigenvalue weighted by molar-refractivity contribution is 5.85. The van der Waals surface area contributed by atoms with E-state index in [4.69, 9.17) is 5.73 Å². The molecule has 0 radical (unpaired) electrons. The van der Waals surface area contributed by atoms with E-state index in [1.54, 1.807) is 0 Å². The molecular formula is C16H35Cl2N3O. The highest BCUT2D eigenvalue weighted by Gasteiger charge is 2.30. The molecule has 0 spiro atoms. The van der Waals surface area contributed by atoms with Gasteiger partial charge in [0.2, 0.25) is 5.91 Å². The van der Waals surface area contributed by atoms with Crippen LogP contribution in [0, 0.1) is 5.92 Å². The maximum absolute atomic E-state index is 12.5. The lowest BCUT2D eigenvalue weighted by Gasteiger charge is -2.35. The zero-order valence-corrected chi connectivity index (χ0v) is 16.2. The first-order valence-electron chi connectivity index (χ1n) is 8.14. The van der Waals surface area contributed by atoms with Gasteiger partial charge in [0, 0.05) is 12.1 Å². The van der Waals surface area contributed by atoms with Crippen LogP contribution in [0.5, 0.6) is 0 Å². The molecule has 4 nitrogen and oxygen atoms in total. The van der Waals surface area contributed by atoms with Crippen LogP contribution in [-0.4, -0.2) is 42.0 Å². The summed E-state index contributed by atoms with van der Waals surface area (Å²) >= 11 is 0. The molecule has 2 atom stereocenters. The number of hydrogen-bond acceptors (Lipinski definition) is 3. The van der Waals surface area contributed by atoms with Crippen molar-refractivity contribution in [2.45, 2.75) is 71.4 Å². The Morgan fingerprint density at radius 1 is 1.14 bits per heavy atom. The number of hydrogen-bond donors (Lipinski definition) is 2. The standard InChI is InChI=1S/C16H33N3O.2ClH/c1-13(2)11-16(4,12-17)18-15(20)14(3)19-9-7-5-6-8-10-19;;/h13-14H,5-12,17H2,1-4H3,(H,18,20);2*1H. The molecule has 2 unspecified atom stereocenters. The van der Waals surface area contributed by atoms with Crippen molar-refractivity contribution in [3.63, 3.8) is 0 Å². The summed E-state index contributed by atoms with van der Waals surface area (Å²) in [6, 6.07) is -0.0499. The Morgan fingerprint density at radius 2 is 1.64 bits per heavy atom. The Balaban J connectivity index is 0. The molecule has 1 aliphatic rings. The van der Waals surface area contributed by atoms with Gasteiger partial charge in [-0.15, -0.1) is 24.8 Å². The smallest absolute Gasteiger partial charge is 0.237 e. The van der Waals surface area contributed by atoms with E-state index in [0.717, 1.165) is 19.5 Å². The Hall–Kier alpha value is -0.0300. The Labute approximate surface area is 148 Å². The van der Waals surface area contributed by atoms with Gasteiger partial charge in [0.15, 0.2) is 0 Å². The minimum atomic E-state index is -0.286. The van der Waals surface area contributed by atoms with Gasteiger partial charge in [-0.25, -0.2) is 0 Å². The number of likely N-dealkylation sites (tertiary alicyclic amines) is 1. The van der Waals surface area contributed by atoms with Crippen LogP contribution >= 0.6 is 24.8 Å². The van der Waals surface area contributed by atoms with Crippen LogP contribution in [0.2, 0.25) is 0 Å². The fourth-order valence-corrected chi connectivity index (χ4v) is 3.14. The van der Waals surface area contributed by atoms with Crippen molar-refractivity contribution in [3.8, 4) is 0 Å². The molecule has 0 aromatic carbocycles. The zero-order chi connectivity index (χ0) is 15.2. The molecule has 0 aromatic heterocycles. The molecule has 1 rings (SSSR count). The van der Waals surface area contributed by atoms with Crippen molar-refractivity contribution in [2.24, 2.45) is 11.7 Å². The molecule has 1 heterocycles. The van der Waals surface area contributed by atoms with Crippen LogP contribution in [0.3, 0.4) is 0 Å². The highest BCUT2D eigenvalue weighted by atomic mass is 35.5. The number of carbonyl (C=O) groups is 1. The topological polar surface area (TPSA) is 58.4 Å². The van der Waals surface area contributed by atoms with Gasteiger partial charge in [0.25, 0.3) is 0 Å². The van der Waals surface area contributed by atoms with Gasteiger partial charge in [-0.2, -0.15) is 0 Å². The molecule has 134 valence electrons. The molecule has 0 aromatic rings. The second-order valence-corrected chi connectivity index (χ2v) is 6.98. The molecule has 3 N–H and O–H groups in total. The lowest BCUT2D eigenvalue weighted by molar-refractivity contribution is -0.127. The molecule has 0 aliphatic carbocycles. The van der Waals surface area contributed by atoms with E-state index in [1.807, 2.05) is 6.92 Å². The average Bonchev–Trinajstić information content (AvgIpc) is 2.65. The van der Waals surface area contributed by atoms with Crippen molar-refractivity contribution < 1.29 is 4.79 Å². The number of carbonyl (C=O) groups excluding carboxylic acids is 1. The summed E-state index contributed by atoms with van der Waals surface area (Å²) in [5.74, 6) is 0.651. The number of rotatable bonds is 6.